The third-order valence-electron chi connectivity index (χ3n) is 3.71. The molecule has 0 aromatic heterocycles. The zero-order valence-electron chi connectivity index (χ0n) is 13.0. The topological polar surface area (TPSA) is 67.8 Å². The van der Waals surface area contributed by atoms with E-state index in [1.54, 1.807) is 0 Å². The number of amidine groups is 1. The monoisotopic (exact) mass is 298 g/mol. The van der Waals surface area contributed by atoms with Gasteiger partial charge in [0.15, 0.2) is 5.84 Å². The molecule has 2 rings (SSSR count). The van der Waals surface area contributed by atoms with Crippen LogP contribution in [0.25, 0.3) is 11.1 Å². The molecule has 0 heterocycles. The average Bonchev–Trinajstić information content (AvgIpc) is 2.59. The Labute approximate surface area is 131 Å². The molecule has 2 aromatic carbocycles. The van der Waals surface area contributed by atoms with Crippen molar-refractivity contribution in [1.29, 1.82) is 0 Å². The Bertz CT molecular complexity index is 619. The van der Waals surface area contributed by atoms with Crippen LogP contribution in [0.3, 0.4) is 0 Å². The molecule has 0 aliphatic carbocycles. The SMILES string of the molecule is CCC(C)COc1ccc(-c2ccc(C(N)=NO)cc2)cc1. The highest BCUT2D eigenvalue weighted by Gasteiger charge is 2.03. The first-order valence-electron chi connectivity index (χ1n) is 7.45. The Morgan fingerprint density at radius 2 is 1.64 bits per heavy atom. The molecule has 0 saturated heterocycles. The number of nitrogens with zero attached hydrogens (tertiary/aromatic N) is 1. The van der Waals surface area contributed by atoms with Crippen LogP contribution in [-0.2, 0) is 0 Å². The summed E-state index contributed by atoms with van der Waals surface area (Å²) < 4.78 is 5.75. The largest absolute Gasteiger partial charge is 0.493 e. The van der Waals surface area contributed by atoms with Crippen molar-refractivity contribution in [3.05, 3.63) is 54.1 Å². The Balaban J connectivity index is 2.07. The number of rotatable bonds is 6. The predicted molar refractivity (Wildman–Crippen MR) is 89.3 cm³/mol. The molecule has 0 aliphatic rings. The highest BCUT2D eigenvalue weighted by Crippen LogP contribution is 2.23. The zero-order chi connectivity index (χ0) is 15.9. The second-order valence-corrected chi connectivity index (χ2v) is 5.41. The molecule has 1 unspecified atom stereocenters. The minimum atomic E-state index is 0.111. The van der Waals surface area contributed by atoms with Crippen molar-refractivity contribution in [2.45, 2.75) is 20.3 Å². The van der Waals surface area contributed by atoms with Crippen LogP contribution in [0.2, 0.25) is 0 Å². The van der Waals surface area contributed by atoms with Crippen LogP contribution >= 0.6 is 0 Å². The summed E-state index contributed by atoms with van der Waals surface area (Å²) in [6, 6.07) is 15.6. The standard InChI is InChI=1S/C18H22N2O2/c1-3-13(2)12-22-17-10-8-15(9-11-17)14-4-6-16(7-5-14)18(19)20-21/h4-11,13,21H,3,12H2,1-2H3,(H2,19,20). The Kier molecular flexibility index (Phi) is 5.42. The fraction of sp³-hybridized carbons (Fsp3) is 0.278. The van der Waals surface area contributed by atoms with Crippen LogP contribution in [0.5, 0.6) is 5.75 Å². The summed E-state index contributed by atoms with van der Waals surface area (Å²) in [4.78, 5) is 0. The van der Waals surface area contributed by atoms with E-state index in [1.165, 1.54) is 0 Å². The van der Waals surface area contributed by atoms with Crippen LogP contribution in [0.4, 0.5) is 0 Å². The number of benzene rings is 2. The van der Waals surface area contributed by atoms with Crippen LogP contribution in [0.1, 0.15) is 25.8 Å². The molecule has 0 amide bonds. The van der Waals surface area contributed by atoms with Crippen molar-refractivity contribution in [1.82, 2.24) is 0 Å². The molecule has 0 aliphatic heterocycles. The summed E-state index contributed by atoms with van der Waals surface area (Å²) >= 11 is 0. The lowest BCUT2D eigenvalue weighted by atomic mass is 10.0. The van der Waals surface area contributed by atoms with Gasteiger partial charge in [-0.1, -0.05) is 61.8 Å². The molecular weight excluding hydrogens is 276 g/mol. The number of ether oxygens (including phenoxy) is 1. The number of hydrogen-bond acceptors (Lipinski definition) is 3. The van der Waals surface area contributed by atoms with E-state index in [4.69, 9.17) is 15.7 Å². The summed E-state index contributed by atoms with van der Waals surface area (Å²) in [5, 5.41) is 11.7. The van der Waals surface area contributed by atoms with Gasteiger partial charge in [0.05, 0.1) is 6.61 Å². The van der Waals surface area contributed by atoms with Gasteiger partial charge in [0, 0.05) is 5.56 Å². The highest BCUT2D eigenvalue weighted by molar-refractivity contribution is 5.97. The van der Waals surface area contributed by atoms with Gasteiger partial charge >= 0.3 is 0 Å². The van der Waals surface area contributed by atoms with Gasteiger partial charge in [-0.2, -0.15) is 0 Å². The predicted octanol–water partition coefficient (Wildman–Crippen LogP) is 3.87. The molecule has 2 aromatic rings. The smallest absolute Gasteiger partial charge is 0.170 e. The second kappa shape index (κ2) is 7.50. The fourth-order valence-corrected chi connectivity index (χ4v) is 1.99. The van der Waals surface area contributed by atoms with Crippen molar-refractivity contribution < 1.29 is 9.94 Å². The van der Waals surface area contributed by atoms with Crippen LogP contribution in [0.15, 0.2) is 53.7 Å². The molecule has 0 radical (unpaired) electrons. The molecule has 0 bridgehead atoms. The fourth-order valence-electron chi connectivity index (χ4n) is 1.99. The summed E-state index contributed by atoms with van der Waals surface area (Å²) in [6.07, 6.45) is 1.12. The van der Waals surface area contributed by atoms with E-state index in [1.807, 2.05) is 48.5 Å². The Morgan fingerprint density at radius 1 is 1.09 bits per heavy atom. The first kappa shape index (κ1) is 15.9. The lowest BCUT2D eigenvalue weighted by Crippen LogP contribution is -2.12. The van der Waals surface area contributed by atoms with E-state index in [0.29, 0.717) is 11.5 Å². The van der Waals surface area contributed by atoms with Crippen molar-refractivity contribution >= 4 is 5.84 Å². The maximum absolute atomic E-state index is 8.66. The van der Waals surface area contributed by atoms with Crippen molar-refractivity contribution in [2.75, 3.05) is 6.61 Å². The van der Waals surface area contributed by atoms with E-state index in [-0.39, 0.29) is 5.84 Å². The molecule has 22 heavy (non-hydrogen) atoms. The molecular formula is C18H22N2O2. The molecule has 4 heteroatoms. The minimum absolute atomic E-state index is 0.111. The van der Waals surface area contributed by atoms with Crippen LogP contribution in [-0.4, -0.2) is 17.6 Å². The molecule has 3 N–H and O–H groups in total. The maximum atomic E-state index is 8.66. The minimum Gasteiger partial charge on any atom is -0.493 e. The molecule has 0 spiro atoms. The first-order valence-corrected chi connectivity index (χ1v) is 7.45. The number of nitrogens with two attached hydrogens (primary N) is 1. The Morgan fingerprint density at radius 3 is 2.14 bits per heavy atom. The maximum Gasteiger partial charge on any atom is 0.170 e. The van der Waals surface area contributed by atoms with Gasteiger partial charge in [-0.3, -0.25) is 0 Å². The molecule has 0 saturated carbocycles. The van der Waals surface area contributed by atoms with E-state index < -0.39 is 0 Å². The third kappa shape index (κ3) is 4.01. The van der Waals surface area contributed by atoms with Gasteiger partial charge in [-0.25, -0.2) is 0 Å². The number of hydrogen-bond donors (Lipinski definition) is 2. The van der Waals surface area contributed by atoms with Gasteiger partial charge in [0.2, 0.25) is 0 Å². The van der Waals surface area contributed by atoms with E-state index >= 15 is 0 Å². The van der Waals surface area contributed by atoms with E-state index in [2.05, 4.69) is 19.0 Å². The van der Waals surface area contributed by atoms with Gasteiger partial charge < -0.3 is 15.7 Å². The van der Waals surface area contributed by atoms with Gasteiger partial charge in [-0.05, 0) is 29.2 Å². The zero-order valence-corrected chi connectivity index (χ0v) is 13.0. The summed E-state index contributed by atoms with van der Waals surface area (Å²) in [5.74, 6) is 1.56. The van der Waals surface area contributed by atoms with E-state index in [9.17, 15) is 0 Å². The second-order valence-electron chi connectivity index (χ2n) is 5.41. The molecule has 4 nitrogen and oxygen atoms in total. The first-order chi connectivity index (χ1) is 10.6. The van der Waals surface area contributed by atoms with Crippen molar-refractivity contribution in [3.8, 4) is 16.9 Å². The molecule has 0 fully saturated rings. The van der Waals surface area contributed by atoms with Crippen molar-refractivity contribution in [2.24, 2.45) is 16.8 Å². The summed E-state index contributed by atoms with van der Waals surface area (Å²) in [7, 11) is 0. The molecule has 1 atom stereocenters. The van der Waals surface area contributed by atoms with Crippen molar-refractivity contribution in [3.63, 3.8) is 0 Å². The average molecular weight is 298 g/mol. The lowest BCUT2D eigenvalue weighted by molar-refractivity contribution is 0.256. The third-order valence-corrected chi connectivity index (χ3v) is 3.71. The van der Waals surface area contributed by atoms with Gasteiger partial charge in [-0.15, -0.1) is 0 Å². The molecule has 116 valence electrons. The normalized spacial score (nSPS) is 12.9. The summed E-state index contributed by atoms with van der Waals surface area (Å²) in [5.41, 5.74) is 8.42. The quantitative estimate of drug-likeness (QED) is 0.368. The Hall–Kier alpha value is -2.49. The van der Waals surface area contributed by atoms with Gasteiger partial charge in [0.1, 0.15) is 5.75 Å². The van der Waals surface area contributed by atoms with Crippen LogP contribution < -0.4 is 10.5 Å². The van der Waals surface area contributed by atoms with Crippen LogP contribution in [0, 0.1) is 5.92 Å². The highest BCUT2D eigenvalue weighted by atomic mass is 16.5. The van der Waals surface area contributed by atoms with E-state index in [0.717, 1.165) is 29.9 Å². The lowest BCUT2D eigenvalue weighted by Gasteiger charge is -2.11. The summed E-state index contributed by atoms with van der Waals surface area (Å²) in [6.45, 7) is 5.08. The van der Waals surface area contributed by atoms with Gasteiger partial charge in [0.25, 0.3) is 0 Å². The number of oxime groups is 1.